The molecule has 2 aromatic carbocycles. The minimum Gasteiger partial charge on any atom is -0.494 e. The number of hydrogen-bond donors (Lipinski definition) is 1. The molecule has 1 aromatic heterocycles. The van der Waals surface area contributed by atoms with Crippen LogP contribution in [0.25, 0.3) is 0 Å². The van der Waals surface area contributed by atoms with Crippen LogP contribution in [0.15, 0.2) is 52.9 Å². The van der Waals surface area contributed by atoms with Crippen molar-refractivity contribution in [2.45, 2.75) is 13.5 Å². The standard InChI is InChI=1S/C20H16ClN3O8/c1-2-30-13-4-7-16(17(10-13)24(28)29)22-20(25)18-8-5-14(32-18)11-31-19-9-12(23(26)27)3-6-15(19)21/h3-10H,2,11H2,1H3,(H,22,25). The number of nitro benzene ring substituents is 2. The zero-order valence-electron chi connectivity index (χ0n) is 16.6. The van der Waals surface area contributed by atoms with Crippen LogP contribution >= 0.6 is 11.6 Å². The molecule has 0 bridgehead atoms. The lowest BCUT2D eigenvalue weighted by Crippen LogP contribution is -2.12. The molecule has 3 aromatic rings. The summed E-state index contributed by atoms with van der Waals surface area (Å²) in [5.74, 6) is -0.213. The third-order valence-electron chi connectivity index (χ3n) is 4.11. The Morgan fingerprint density at radius 3 is 2.53 bits per heavy atom. The monoisotopic (exact) mass is 461 g/mol. The zero-order valence-corrected chi connectivity index (χ0v) is 17.3. The number of ether oxygens (including phenoxy) is 2. The van der Waals surface area contributed by atoms with Gasteiger partial charge < -0.3 is 19.2 Å². The maximum Gasteiger partial charge on any atom is 0.296 e. The number of amides is 1. The first-order valence-corrected chi connectivity index (χ1v) is 9.54. The number of rotatable bonds is 9. The van der Waals surface area contributed by atoms with E-state index in [0.717, 1.165) is 0 Å². The molecule has 0 saturated carbocycles. The van der Waals surface area contributed by atoms with E-state index >= 15 is 0 Å². The SMILES string of the molecule is CCOc1ccc(NC(=O)c2ccc(COc3cc([N+](=O)[O-])ccc3Cl)o2)c([N+](=O)[O-])c1. The Kier molecular flexibility index (Phi) is 6.90. The summed E-state index contributed by atoms with van der Waals surface area (Å²) >= 11 is 5.98. The maximum absolute atomic E-state index is 12.5. The van der Waals surface area contributed by atoms with Crippen LogP contribution < -0.4 is 14.8 Å². The van der Waals surface area contributed by atoms with Crippen molar-refractivity contribution in [1.29, 1.82) is 0 Å². The summed E-state index contributed by atoms with van der Waals surface area (Å²) in [6.07, 6.45) is 0. The van der Waals surface area contributed by atoms with Gasteiger partial charge in [0.05, 0.1) is 33.6 Å². The molecule has 1 heterocycles. The Bertz CT molecular complexity index is 1180. The lowest BCUT2D eigenvalue weighted by Gasteiger charge is -2.08. The van der Waals surface area contributed by atoms with Gasteiger partial charge in [-0.3, -0.25) is 25.0 Å². The van der Waals surface area contributed by atoms with E-state index in [1.165, 1.54) is 48.5 Å². The highest BCUT2D eigenvalue weighted by Crippen LogP contribution is 2.31. The molecule has 1 amide bonds. The number of hydrogen-bond acceptors (Lipinski definition) is 8. The Morgan fingerprint density at radius 1 is 1.06 bits per heavy atom. The van der Waals surface area contributed by atoms with E-state index in [1.54, 1.807) is 6.92 Å². The van der Waals surface area contributed by atoms with E-state index in [1.807, 2.05) is 0 Å². The molecule has 0 radical (unpaired) electrons. The first kappa shape index (κ1) is 22.6. The summed E-state index contributed by atoms with van der Waals surface area (Å²) in [6.45, 7) is 1.92. The Morgan fingerprint density at radius 2 is 1.84 bits per heavy atom. The van der Waals surface area contributed by atoms with Crippen LogP contribution in [-0.2, 0) is 6.61 Å². The van der Waals surface area contributed by atoms with Crippen LogP contribution in [0.1, 0.15) is 23.2 Å². The van der Waals surface area contributed by atoms with Crippen molar-refractivity contribution < 1.29 is 28.5 Å². The van der Waals surface area contributed by atoms with E-state index in [9.17, 15) is 25.0 Å². The topological polar surface area (TPSA) is 147 Å². The first-order valence-electron chi connectivity index (χ1n) is 9.16. The number of anilines is 1. The molecule has 0 atom stereocenters. The highest BCUT2D eigenvalue weighted by Gasteiger charge is 2.20. The number of nitrogens with zero attached hydrogens (tertiary/aromatic N) is 2. The maximum atomic E-state index is 12.5. The van der Waals surface area contributed by atoms with Crippen LogP contribution in [0, 0.1) is 20.2 Å². The van der Waals surface area contributed by atoms with Gasteiger partial charge in [-0.2, -0.15) is 0 Å². The summed E-state index contributed by atoms with van der Waals surface area (Å²) in [5, 5.41) is 24.8. The Labute approximate surface area is 185 Å². The van der Waals surface area contributed by atoms with Crippen LogP contribution in [-0.4, -0.2) is 22.4 Å². The van der Waals surface area contributed by atoms with Gasteiger partial charge in [0.15, 0.2) is 5.76 Å². The fourth-order valence-corrected chi connectivity index (χ4v) is 2.82. The number of nitrogens with one attached hydrogen (secondary N) is 1. The zero-order chi connectivity index (χ0) is 23.3. The van der Waals surface area contributed by atoms with Gasteiger partial charge in [-0.15, -0.1) is 0 Å². The number of carbonyl (C=O) groups is 1. The molecule has 0 unspecified atom stereocenters. The lowest BCUT2D eigenvalue weighted by molar-refractivity contribution is -0.385. The van der Waals surface area contributed by atoms with Crippen molar-refractivity contribution >= 4 is 34.6 Å². The molecule has 0 aliphatic carbocycles. The van der Waals surface area contributed by atoms with Crippen LogP contribution in [0.2, 0.25) is 5.02 Å². The molecule has 0 spiro atoms. The van der Waals surface area contributed by atoms with Crippen molar-refractivity contribution in [1.82, 2.24) is 0 Å². The summed E-state index contributed by atoms with van der Waals surface area (Å²) in [6, 6.07) is 10.6. The second-order valence-electron chi connectivity index (χ2n) is 6.25. The molecule has 166 valence electrons. The number of furan rings is 1. The van der Waals surface area contributed by atoms with Crippen molar-refractivity contribution in [2.75, 3.05) is 11.9 Å². The fourth-order valence-electron chi connectivity index (χ4n) is 2.65. The van der Waals surface area contributed by atoms with Gasteiger partial charge in [0.2, 0.25) is 0 Å². The lowest BCUT2D eigenvalue weighted by atomic mass is 10.2. The second kappa shape index (κ2) is 9.79. The van der Waals surface area contributed by atoms with E-state index in [-0.39, 0.29) is 46.0 Å². The van der Waals surface area contributed by atoms with Gasteiger partial charge >= 0.3 is 0 Å². The number of non-ortho nitro benzene ring substituents is 1. The van der Waals surface area contributed by atoms with Crippen molar-refractivity contribution in [3.8, 4) is 11.5 Å². The molecular formula is C20H16ClN3O8. The smallest absolute Gasteiger partial charge is 0.296 e. The van der Waals surface area contributed by atoms with E-state index in [2.05, 4.69) is 5.32 Å². The quantitative estimate of drug-likeness (QED) is 0.346. The van der Waals surface area contributed by atoms with Gasteiger partial charge in [-0.05, 0) is 37.3 Å². The molecular weight excluding hydrogens is 446 g/mol. The molecule has 12 heteroatoms. The normalized spacial score (nSPS) is 10.4. The van der Waals surface area contributed by atoms with Crippen LogP contribution in [0.3, 0.4) is 0 Å². The van der Waals surface area contributed by atoms with Crippen LogP contribution in [0.5, 0.6) is 11.5 Å². The number of halogens is 1. The molecule has 0 saturated heterocycles. The molecule has 0 fully saturated rings. The third-order valence-corrected chi connectivity index (χ3v) is 4.42. The van der Waals surface area contributed by atoms with Crippen LogP contribution in [0.4, 0.5) is 17.1 Å². The summed E-state index contributed by atoms with van der Waals surface area (Å²) in [5.41, 5.74) is -0.554. The van der Waals surface area contributed by atoms with Gasteiger partial charge in [0.1, 0.15) is 29.6 Å². The summed E-state index contributed by atoms with van der Waals surface area (Å²) < 4.78 is 16.1. The molecule has 3 rings (SSSR count). The number of nitro groups is 2. The predicted octanol–water partition coefficient (Wildman–Crippen LogP) is 4.98. The minimum absolute atomic E-state index is 0.0268. The Balaban J connectivity index is 1.70. The summed E-state index contributed by atoms with van der Waals surface area (Å²) in [4.78, 5) is 33.4. The second-order valence-corrected chi connectivity index (χ2v) is 6.66. The fraction of sp³-hybridized carbons (Fsp3) is 0.150. The first-order chi connectivity index (χ1) is 15.3. The van der Waals surface area contributed by atoms with E-state index < -0.39 is 15.8 Å². The molecule has 1 N–H and O–H groups in total. The predicted molar refractivity (Wildman–Crippen MR) is 113 cm³/mol. The summed E-state index contributed by atoms with van der Waals surface area (Å²) in [7, 11) is 0. The van der Waals surface area contributed by atoms with Gasteiger partial charge in [-0.25, -0.2) is 0 Å². The minimum atomic E-state index is -0.711. The third kappa shape index (κ3) is 5.32. The molecule has 11 nitrogen and oxygen atoms in total. The average molecular weight is 462 g/mol. The van der Waals surface area contributed by atoms with Gasteiger partial charge in [0, 0.05) is 6.07 Å². The highest BCUT2D eigenvalue weighted by molar-refractivity contribution is 6.32. The molecule has 0 aliphatic heterocycles. The molecule has 0 aliphatic rings. The van der Waals surface area contributed by atoms with Crippen molar-refractivity contribution in [2.24, 2.45) is 0 Å². The number of carbonyl (C=O) groups excluding carboxylic acids is 1. The largest absolute Gasteiger partial charge is 0.494 e. The van der Waals surface area contributed by atoms with Gasteiger partial charge in [-0.1, -0.05) is 11.6 Å². The number of benzene rings is 2. The van der Waals surface area contributed by atoms with Crippen molar-refractivity contribution in [3.63, 3.8) is 0 Å². The van der Waals surface area contributed by atoms with Gasteiger partial charge in [0.25, 0.3) is 17.3 Å². The van der Waals surface area contributed by atoms with Crippen molar-refractivity contribution in [3.05, 3.63) is 85.3 Å². The Hall–Kier alpha value is -4.12. The van der Waals surface area contributed by atoms with E-state index in [0.29, 0.717) is 12.4 Å². The molecule has 32 heavy (non-hydrogen) atoms. The van der Waals surface area contributed by atoms with E-state index in [4.69, 9.17) is 25.5 Å². The highest BCUT2D eigenvalue weighted by atomic mass is 35.5. The average Bonchev–Trinajstić information content (AvgIpc) is 3.23.